The summed E-state index contributed by atoms with van der Waals surface area (Å²) in [5.74, 6) is -0.104. The van der Waals surface area contributed by atoms with Gasteiger partial charge < -0.3 is 14.4 Å². The number of rotatable bonds is 6. The summed E-state index contributed by atoms with van der Waals surface area (Å²) in [4.78, 5) is 18.2. The van der Waals surface area contributed by atoms with Crippen LogP contribution >= 0.6 is 11.8 Å². The van der Waals surface area contributed by atoms with Crippen molar-refractivity contribution in [3.63, 3.8) is 0 Å². The van der Waals surface area contributed by atoms with Crippen LogP contribution in [0.15, 0.2) is 70.7 Å². The molecule has 0 saturated carbocycles. The van der Waals surface area contributed by atoms with Gasteiger partial charge in [-0.25, -0.2) is 4.98 Å². The van der Waals surface area contributed by atoms with E-state index < -0.39 is 5.97 Å². The first-order chi connectivity index (χ1) is 14.6. The van der Waals surface area contributed by atoms with Crippen molar-refractivity contribution in [2.45, 2.75) is 42.6 Å². The number of aryl methyl sites for hydroxylation is 1. The third kappa shape index (κ3) is 4.30. The number of benzene rings is 2. The number of aromatic nitrogens is 2. The third-order valence-electron chi connectivity index (χ3n) is 5.78. The number of hydrogen-bond donors (Lipinski definition) is 1. The molecule has 156 valence electrons. The monoisotopic (exact) mass is 422 g/mol. The number of hydrogen-bond acceptors (Lipinski definition) is 4. The van der Waals surface area contributed by atoms with Crippen molar-refractivity contribution >= 4 is 17.7 Å². The summed E-state index contributed by atoms with van der Waals surface area (Å²) in [7, 11) is 0. The van der Waals surface area contributed by atoms with Gasteiger partial charge in [0.1, 0.15) is 5.82 Å². The molecule has 1 aliphatic rings. The van der Waals surface area contributed by atoms with Crippen LogP contribution in [-0.4, -0.2) is 27.2 Å². The molecule has 0 aliphatic carbocycles. The van der Waals surface area contributed by atoms with E-state index >= 15 is 0 Å². The Bertz CT molecular complexity index is 1020. The highest BCUT2D eigenvalue weighted by molar-refractivity contribution is 7.99. The Kier molecular flexibility index (Phi) is 6.25. The van der Waals surface area contributed by atoms with E-state index in [2.05, 4.69) is 45.9 Å². The van der Waals surface area contributed by atoms with Gasteiger partial charge >= 0.3 is 5.97 Å². The topological polar surface area (TPSA) is 64.3 Å². The van der Waals surface area contributed by atoms with Crippen molar-refractivity contribution in [3.8, 4) is 5.69 Å². The van der Waals surface area contributed by atoms with Crippen molar-refractivity contribution < 1.29 is 14.6 Å². The fraction of sp³-hybridized carbons (Fsp3) is 0.333. The molecule has 0 spiro atoms. The highest BCUT2D eigenvalue weighted by atomic mass is 32.2. The van der Waals surface area contributed by atoms with Crippen LogP contribution in [0.4, 0.5) is 0 Å². The summed E-state index contributed by atoms with van der Waals surface area (Å²) in [5, 5.41) is 9.60. The van der Waals surface area contributed by atoms with Gasteiger partial charge in [-0.1, -0.05) is 30.8 Å². The van der Waals surface area contributed by atoms with Gasteiger partial charge in [0, 0.05) is 40.4 Å². The molecule has 6 heteroatoms. The second-order valence-electron chi connectivity index (χ2n) is 7.61. The van der Waals surface area contributed by atoms with Crippen molar-refractivity contribution in [1.29, 1.82) is 0 Å². The lowest BCUT2D eigenvalue weighted by molar-refractivity contribution is -0.153. The lowest BCUT2D eigenvalue weighted by Gasteiger charge is -2.36. The predicted octanol–water partition coefficient (Wildman–Crippen LogP) is 5.52. The molecule has 2 aromatic carbocycles. The van der Waals surface area contributed by atoms with Crippen LogP contribution in [0.3, 0.4) is 0 Å². The zero-order chi connectivity index (χ0) is 21.1. The number of ether oxygens (including phenoxy) is 1. The molecule has 1 saturated heterocycles. The first-order valence-electron chi connectivity index (χ1n) is 10.3. The van der Waals surface area contributed by atoms with Gasteiger partial charge in [-0.3, -0.25) is 4.79 Å². The molecular formula is C24H26N2O3S. The van der Waals surface area contributed by atoms with E-state index in [4.69, 9.17) is 4.74 Å². The standard InChI is InChI=1S/C24H26N2O3S/c1-3-21-22(24(27)28)11-14-29-23(21)17-5-4-6-20(15-17)30-19-9-7-18(8-10-19)26-13-12-25-16(26)2/h4-10,12-13,15,21-23H,3,11,14H2,1-2H3,(H,27,28). The van der Waals surface area contributed by atoms with Crippen molar-refractivity contribution in [2.75, 3.05) is 6.61 Å². The van der Waals surface area contributed by atoms with Gasteiger partial charge in [0.25, 0.3) is 0 Å². The first kappa shape index (κ1) is 20.7. The molecule has 30 heavy (non-hydrogen) atoms. The Labute approximate surface area is 181 Å². The van der Waals surface area contributed by atoms with Gasteiger partial charge in [0.2, 0.25) is 0 Å². The van der Waals surface area contributed by atoms with E-state index in [1.807, 2.05) is 32.2 Å². The summed E-state index contributed by atoms with van der Waals surface area (Å²) < 4.78 is 8.09. The van der Waals surface area contributed by atoms with Crippen LogP contribution in [0.25, 0.3) is 5.69 Å². The Morgan fingerprint density at radius 2 is 2.03 bits per heavy atom. The average Bonchev–Trinajstić information content (AvgIpc) is 3.19. The minimum atomic E-state index is -0.714. The fourth-order valence-electron chi connectivity index (χ4n) is 4.24. The Morgan fingerprint density at radius 1 is 1.23 bits per heavy atom. The number of carboxylic acid groups (broad SMARTS) is 1. The van der Waals surface area contributed by atoms with Crippen LogP contribution in [-0.2, 0) is 9.53 Å². The number of carboxylic acids is 1. The number of aliphatic carboxylic acids is 1. The molecule has 1 aromatic heterocycles. The fourth-order valence-corrected chi connectivity index (χ4v) is 5.12. The molecule has 3 atom stereocenters. The minimum absolute atomic E-state index is 0.00537. The summed E-state index contributed by atoms with van der Waals surface area (Å²) in [6.45, 7) is 4.52. The van der Waals surface area contributed by atoms with Gasteiger partial charge in [-0.05, 0) is 61.7 Å². The first-order valence-corrected chi connectivity index (χ1v) is 11.1. The lowest BCUT2D eigenvalue weighted by atomic mass is 9.79. The molecule has 0 amide bonds. The number of nitrogens with zero attached hydrogens (tertiary/aromatic N) is 2. The SMILES string of the molecule is CCC1C(C(=O)O)CCOC1c1cccc(Sc2ccc(-n3ccnc3C)cc2)c1. The highest BCUT2D eigenvalue weighted by Crippen LogP contribution is 2.41. The molecule has 1 fully saturated rings. The van der Waals surface area contributed by atoms with Gasteiger partial charge in [0.05, 0.1) is 12.0 Å². The summed E-state index contributed by atoms with van der Waals surface area (Å²) in [6, 6.07) is 16.7. The second-order valence-corrected chi connectivity index (χ2v) is 8.76. The largest absolute Gasteiger partial charge is 0.481 e. The third-order valence-corrected chi connectivity index (χ3v) is 6.78. The summed E-state index contributed by atoms with van der Waals surface area (Å²) in [6.07, 6.45) is 4.96. The highest BCUT2D eigenvalue weighted by Gasteiger charge is 2.38. The summed E-state index contributed by atoms with van der Waals surface area (Å²) >= 11 is 1.70. The van der Waals surface area contributed by atoms with Gasteiger partial charge in [-0.15, -0.1) is 0 Å². The Balaban J connectivity index is 1.52. The van der Waals surface area contributed by atoms with Crippen molar-refractivity contribution in [2.24, 2.45) is 11.8 Å². The molecule has 4 rings (SSSR count). The van der Waals surface area contributed by atoms with Crippen LogP contribution in [0.2, 0.25) is 0 Å². The predicted molar refractivity (Wildman–Crippen MR) is 117 cm³/mol. The molecule has 1 aliphatic heterocycles. The maximum atomic E-state index is 11.7. The van der Waals surface area contributed by atoms with Crippen LogP contribution in [0, 0.1) is 18.8 Å². The van der Waals surface area contributed by atoms with E-state index in [0.29, 0.717) is 13.0 Å². The summed E-state index contributed by atoms with van der Waals surface area (Å²) in [5.41, 5.74) is 2.15. The molecule has 3 aromatic rings. The molecule has 0 bridgehead atoms. The van der Waals surface area contributed by atoms with Crippen LogP contribution < -0.4 is 0 Å². The lowest BCUT2D eigenvalue weighted by Crippen LogP contribution is -2.35. The normalized spacial score (nSPS) is 21.5. The minimum Gasteiger partial charge on any atom is -0.481 e. The van der Waals surface area contributed by atoms with E-state index in [9.17, 15) is 9.90 Å². The quantitative estimate of drug-likeness (QED) is 0.567. The number of imidazole rings is 1. The second kappa shape index (κ2) is 9.06. The maximum absolute atomic E-state index is 11.7. The smallest absolute Gasteiger partial charge is 0.306 e. The van der Waals surface area contributed by atoms with Gasteiger partial charge in [0.15, 0.2) is 0 Å². The van der Waals surface area contributed by atoms with Crippen LogP contribution in [0.1, 0.15) is 37.3 Å². The average molecular weight is 423 g/mol. The van der Waals surface area contributed by atoms with E-state index in [1.165, 1.54) is 0 Å². The molecule has 3 unspecified atom stereocenters. The Hall–Kier alpha value is -2.57. The zero-order valence-electron chi connectivity index (χ0n) is 17.2. The molecule has 5 nitrogen and oxygen atoms in total. The zero-order valence-corrected chi connectivity index (χ0v) is 18.0. The van der Waals surface area contributed by atoms with Crippen molar-refractivity contribution in [1.82, 2.24) is 9.55 Å². The Morgan fingerprint density at radius 3 is 2.70 bits per heavy atom. The van der Waals surface area contributed by atoms with E-state index in [0.717, 1.165) is 33.3 Å². The molecule has 1 N–H and O–H groups in total. The molecule has 0 radical (unpaired) electrons. The van der Waals surface area contributed by atoms with Gasteiger partial charge in [-0.2, -0.15) is 0 Å². The van der Waals surface area contributed by atoms with Crippen LogP contribution in [0.5, 0.6) is 0 Å². The number of carbonyl (C=O) groups is 1. The molecule has 2 heterocycles. The van der Waals surface area contributed by atoms with Crippen molar-refractivity contribution in [3.05, 3.63) is 72.3 Å². The molecular weight excluding hydrogens is 396 g/mol. The van der Waals surface area contributed by atoms with E-state index in [-0.39, 0.29) is 17.9 Å². The van der Waals surface area contributed by atoms with E-state index in [1.54, 1.807) is 18.0 Å². The maximum Gasteiger partial charge on any atom is 0.306 e.